The van der Waals surface area contributed by atoms with Gasteiger partial charge in [0, 0.05) is 24.6 Å². The highest BCUT2D eigenvalue weighted by atomic mass is 32.2. The van der Waals surface area contributed by atoms with Crippen molar-refractivity contribution < 1.29 is 9.90 Å². The van der Waals surface area contributed by atoms with E-state index in [-0.39, 0.29) is 0 Å². The van der Waals surface area contributed by atoms with E-state index in [4.69, 9.17) is 0 Å². The lowest BCUT2D eigenvalue weighted by atomic mass is 9.82. The molecule has 0 aliphatic carbocycles. The molecule has 0 atom stereocenters. The van der Waals surface area contributed by atoms with Crippen LogP contribution in [0.4, 0.5) is 0 Å². The molecule has 0 aliphatic rings. The lowest BCUT2D eigenvalue weighted by molar-refractivity contribution is -0.149. The molecule has 0 fully saturated rings. The minimum Gasteiger partial charge on any atom is -0.481 e. The molecule has 112 valence electrons. The predicted molar refractivity (Wildman–Crippen MR) is 86.1 cm³/mol. The average Bonchev–Trinajstić information content (AvgIpc) is 2.48. The summed E-state index contributed by atoms with van der Waals surface area (Å²) in [5.41, 5.74) is 0.726. The topological polar surface area (TPSA) is 49.3 Å². The number of carbonyl (C=O) groups is 1. The molecular formula is C16H25NO2S. The minimum absolute atomic E-state index is 0.557. The zero-order chi connectivity index (χ0) is 14.8. The summed E-state index contributed by atoms with van der Waals surface area (Å²) in [5.74, 6) is 1.32. The average molecular weight is 295 g/mol. The second-order valence-corrected chi connectivity index (χ2v) is 6.11. The largest absolute Gasteiger partial charge is 0.481 e. The molecule has 0 saturated carbocycles. The Morgan fingerprint density at radius 2 is 1.90 bits per heavy atom. The normalized spacial score (nSPS) is 11.5. The molecular weight excluding hydrogens is 270 g/mol. The van der Waals surface area contributed by atoms with Gasteiger partial charge < -0.3 is 10.4 Å². The number of nitrogens with one attached hydrogen (secondary N) is 1. The van der Waals surface area contributed by atoms with Gasteiger partial charge in [-0.15, -0.1) is 0 Å². The molecule has 0 saturated heterocycles. The summed E-state index contributed by atoms with van der Waals surface area (Å²) in [6.07, 6.45) is 1.34. The molecule has 0 bridgehead atoms. The standard InChI is InChI=1S/C16H25NO2S/c1-3-16(4-2,15(18)19)13-17-10-11-20-12-14-8-6-5-7-9-14/h5-9,17H,3-4,10-13H2,1-2H3,(H,18,19). The molecule has 0 spiro atoms. The maximum Gasteiger partial charge on any atom is 0.310 e. The van der Waals surface area contributed by atoms with E-state index in [0.29, 0.717) is 19.4 Å². The number of rotatable bonds is 10. The Hall–Kier alpha value is -1.00. The van der Waals surface area contributed by atoms with Crippen molar-refractivity contribution in [1.29, 1.82) is 0 Å². The zero-order valence-electron chi connectivity index (χ0n) is 12.4. The molecule has 0 heterocycles. The summed E-state index contributed by atoms with van der Waals surface area (Å²) in [4.78, 5) is 11.3. The van der Waals surface area contributed by atoms with Crippen LogP contribution in [0.2, 0.25) is 0 Å². The van der Waals surface area contributed by atoms with Gasteiger partial charge in [-0.1, -0.05) is 44.2 Å². The molecule has 1 aromatic carbocycles. The number of carboxylic acids is 1. The predicted octanol–water partition coefficient (Wildman–Crippen LogP) is 3.40. The molecule has 4 heteroatoms. The monoisotopic (exact) mass is 295 g/mol. The summed E-state index contributed by atoms with van der Waals surface area (Å²) in [6.45, 7) is 5.31. The Balaban J connectivity index is 2.20. The summed E-state index contributed by atoms with van der Waals surface area (Å²) in [6, 6.07) is 10.4. The first-order valence-electron chi connectivity index (χ1n) is 7.20. The maximum absolute atomic E-state index is 11.3. The van der Waals surface area contributed by atoms with Crippen LogP contribution in [0.25, 0.3) is 0 Å². The van der Waals surface area contributed by atoms with Crippen LogP contribution in [0.1, 0.15) is 32.3 Å². The third kappa shape index (κ3) is 5.17. The Bertz CT molecular complexity index is 391. The maximum atomic E-state index is 11.3. The lowest BCUT2D eigenvalue weighted by Crippen LogP contribution is -2.40. The Morgan fingerprint density at radius 1 is 1.25 bits per heavy atom. The van der Waals surface area contributed by atoms with Gasteiger partial charge in [0.1, 0.15) is 0 Å². The van der Waals surface area contributed by atoms with Crippen LogP contribution in [0.3, 0.4) is 0 Å². The van der Waals surface area contributed by atoms with Crippen LogP contribution in [0, 0.1) is 5.41 Å². The number of benzene rings is 1. The molecule has 1 rings (SSSR count). The van der Waals surface area contributed by atoms with E-state index in [1.807, 2.05) is 31.7 Å². The second kappa shape index (κ2) is 9.03. The minimum atomic E-state index is -0.688. The molecule has 0 radical (unpaired) electrons. The fourth-order valence-electron chi connectivity index (χ4n) is 2.11. The fourth-order valence-corrected chi connectivity index (χ4v) is 2.98. The van der Waals surface area contributed by atoms with Crippen LogP contribution in [-0.2, 0) is 10.5 Å². The van der Waals surface area contributed by atoms with Crippen molar-refractivity contribution in [2.24, 2.45) is 5.41 Å². The summed E-state index contributed by atoms with van der Waals surface area (Å²) in [5, 5.41) is 12.6. The highest BCUT2D eigenvalue weighted by Gasteiger charge is 2.34. The first-order valence-corrected chi connectivity index (χ1v) is 8.36. The van der Waals surface area contributed by atoms with Crippen LogP contribution < -0.4 is 5.32 Å². The lowest BCUT2D eigenvalue weighted by Gasteiger charge is -2.26. The van der Waals surface area contributed by atoms with E-state index in [0.717, 1.165) is 18.1 Å². The Kier molecular flexibility index (Phi) is 7.70. The molecule has 1 aromatic rings. The van der Waals surface area contributed by atoms with Gasteiger partial charge in [-0.2, -0.15) is 11.8 Å². The van der Waals surface area contributed by atoms with E-state index in [1.165, 1.54) is 5.56 Å². The van der Waals surface area contributed by atoms with Crippen molar-refractivity contribution in [3.63, 3.8) is 0 Å². The van der Waals surface area contributed by atoms with Crippen molar-refractivity contribution in [2.45, 2.75) is 32.4 Å². The van der Waals surface area contributed by atoms with Crippen molar-refractivity contribution in [1.82, 2.24) is 5.32 Å². The van der Waals surface area contributed by atoms with Gasteiger partial charge in [0.25, 0.3) is 0 Å². The molecule has 20 heavy (non-hydrogen) atoms. The van der Waals surface area contributed by atoms with Crippen LogP contribution in [-0.4, -0.2) is 29.9 Å². The van der Waals surface area contributed by atoms with Gasteiger partial charge >= 0.3 is 5.97 Å². The summed E-state index contributed by atoms with van der Waals surface area (Å²) in [7, 11) is 0. The van der Waals surface area contributed by atoms with Crippen molar-refractivity contribution in [2.75, 3.05) is 18.8 Å². The third-order valence-electron chi connectivity index (χ3n) is 3.81. The van der Waals surface area contributed by atoms with Gasteiger partial charge in [-0.3, -0.25) is 4.79 Å². The van der Waals surface area contributed by atoms with E-state index in [2.05, 4.69) is 29.6 Å². The first kappa shape index (κ1) is 17.1. The molecule has 3 nitrogen and oxygen atoms in total. The Morgan fingerprint density at radius 3 is 2.45 bits per heavy atom. The van der Waals surface area contributed by atoms with Gasteiger partial charge in [0.05, 0.1) is 5.41 Å². The SMILES string of the molecule is CCC(CC)(CNCCSCc1ccccc1)C(=O)O. The molecule has 0 aromatic heterocycles. The quantitative estimate of drug-likeness (QED) is 0.650. The molecule has 0 aliphatic heterocycles. The van der Waals surface area contributed by atoms with E-state index in [1.54, 1.807) is 0 Å². The first-order chi connectivity index (χ1) is 9.64. The van der Waals surface area contributed by atoms with Crippen molar-refractivity contribution in [3.05, 3.63) is 35.9 Å². The zero-order valence-corrected chi connectivity index (χ0v) is 13.2. The third-order valence-corrected chi connectivity index (χ3v) is 4.84. The molecule has 0 unspecified atom stereocenters. The number of thioether (sulfide) groups is 1. The van der Waals surface area contributed by atoms with E-state index in [9.17, 15) is 9.90 Å². The van der Waals surface area contributed by atoms with Crippen LogP contribution in [0.15, 0.2) is 30.3 Å². The van der Waals surface area contributed by atoms with E-state index < -0.39 is 11.4 Å². The van der Waals surface area contributed by atoms with Crippen LogP contribution >= 0.6 is 11.8 Å². The highest BCUT2D eigenvalue weighted by molar-refractivity contribution is 7.98. The number of hydrogen-bond acceptors (Lipinski definition) is 3. The van der Waals surface area contributed by atoms with Gasteiger partial charge in [0.2, 0.25) is 0 Å². The number of aliphatic carboxylic acids is 1. The Labute approximate surface area is 126 Å². The van der Waals surface area contributed by atoms with Crippen molar-refractivity contribution >= 4 is 17.7 Å². The fraction of sp³-hybridized carbons (Fsp3) is 0.562. The second-order valence-electron chi connectivity index (χ2n) is 5.01. The smallest absolute Gasteiger partial charge is 0.310 e. The van der Waals surface area contributed by atoms with Gasteiger partial charge in [-0.25, -0.2) is 0 Å². The van der Waals surface area contributed by atoms with Crippen LogP contribution in [0.5, 0.6) is 0 Å². The van der Waals surface area contributed by atoms with Crippen molar-refractivity contribution in [3.8, 4) is 0 Å². The summed E-state index contributed by atoms with van der Waals surface area (Å²) >= 11 is 1.87. The molecule has 0 amide bonds. The van der Waals surface area contributed by atoms with E-state index >= 15 is 0 Å². The van der Waals surface area contributed by atoms with Gasteiger partial charge in [-0.05, 0) is 18.4 Å². The number of carboxylic acid groups (broad SMARTS) is 1. The van der Waals surface area contributed by atoms with Gasteiger partial charge in [0.15, 0.2) is 0 Å². The number of hydrogen-bond donors (Lipinski definition) is 2. The molecule has 2 N–H and O–H groups in total. The highest BCUT2D eigenvalue weighted by Crippen LogP contribution is 2.25. The summed E-state index contributed by atoms with van der Waals surface area (Å²) < 4.78 is 0.